The number of hydrogen-bond donors (Lipinski definition) is 2. The summed E-state index contributed by atoms with van der Waals surface area (Å²) in [7, 11) is 0. The molecule has 2 saturated carbocycles. The van der Waals surface area contributed by atoms with Crippen LogP contribution in [0.2, 0.25) is 0 Å². The molecule has 124 valence electrons. The van der Waals surface area contributed by atoms with Crippen LogP contribution in [0, 0.1) is 5.41 Å². The van der Waals surface area contributed by atoms with Gasteiger partial charge in [0.05, 0.1) is 0 Å². The number of amides is 2. The smallest absolute Gasteiger partial charge is 0.315 e. The highest BCUT2D eigenvalue weighted by atomic mass is 16.2. The van der Waals surface area contributed by atoms with E-state index in [4.69, 9.17) is 0 Å². The Morgan fingerprint density at radius 2 is 2.00 bits per heavy atom. The number of benzene rings is 1. The van der Waals surface area contributed by atoms with Crippen molar-refractivity contribution in [3.8, 4) is 0 Å². The molecule has 1 atom stereocenters. The lowest BCUT2D eigenvalue weighted by Crippen LogP contribution is -2.48. The van der Waals surface area contributed by atoms with Crippen molar-refractivity contribution in [1.82, 2.24) is 10.6 Å². The van der Waals surface area contributed by atoms with Gasteiger partial charge in [0.15, 0.2) is 0 Å². The Morgan fingerprint density at radius 1 is 1.13 bits per heavy atom. The molecule has 3 heteroatoms. The third-order valence-corrected chi connectivity index (χ3v) is 6.37. The van der Waals surface area contributed by atoms with Crippen LogP contribution in [0.5, 0.6) is 0 Å². The summed E-state index contributed by atoms with van der Waals surface area (Å²) in [6.45, 7) is 0.660. The van der Waals surface area contributed by atoms with Crippen LogP contribution >= 0.6 is 0 Å². The van der Waals surface area contributed by atoms with Gasteiger partial charge in [0, 0.05) is 12.6 Å². The summed E-state index contributed by atoms with van der Waals surface area (Å²) in [5.74, 6) is 0. The summed E-state index contributed by atoms with van der Waals surface area (Å²) in [4.78, 5) is 12.3. The lowest BCUT2D eigenvalue weighted by atomic mass is 9.60. The molecule has 0 aliphatic heterocycles. The second kappa shape index (κ2) is 6.18. The third-order valence-electron chi connectivity index (χ3n) is 6.37. The molecule has 0 aromatic heterocycles. The standard InChI is InChI=1S/C20H28N2O/c23-19(22-17-8-3-10-20(13-17)11-4-12-20)21-14-16-7-1-5-15-6-2-9-18(15)16/h1,5,7,17H,2-4,6,8-14H2,(H2,21,22,23). The summed E-state index contributed by atoms with van der Waals surface area (Å²) < 4.78 is 0. The van der Waals surface area contributed by atoms with Crippen LogP contribution in [0.3, 0.4) is 0 Å². The van der Waals surface area contributed by atoms with Gasteiger partial charge in [-0.3, -0.25) is 0 Å². The molecule has 3 aliphatic rings. The number of aryl methyl sites for hydroxylation is 1. The number of nitrogens with one attached hydrogen (secondary N) is 2. The highest BCUT2D eigenvalue weighted by Crippen LogP contribution is 2.51. The quantitative estimate of drug-likeness (QED) is 0.867. The summed E-state index contributed by atoms with van der Waals surface area (Å²) in [6, 6.07) is 6.91. The van der Waals surface area contributed by atoms with Gasteiger partial charge in [-0.25, -0.2) is 4.79 Å². The number of carbonyl (C=O) groups is 1. The molecule has 2 N–H and O–H groups in total. The first-order valence-corrected chi connectivity index (χ1v) is 9.38. The van der Waals surface area contributed by atoms with Crippen molar-refractivity contribution in [2.45, 2.75) is 76.8 Å². The number of rotatable bonds is 3. The van der Waals surface area contributed by atoms with E-state index in [1.54, 1.807) is 0 Å². The highest BCUT2D eigenvalue weighted by molar-refractivity contribution is 5.74. The van der Waals surface area contributed by atoms with Gasteiger partial charge in [-0.2, -0.15) is 0 Å². The van der Waals surface area contributed by atoms with E-state index < -0.39 is 0 Å². The molecule has 1 spiro atoms. The normalized spacial score (nSPS) is 24.8. The molecule has 23 heavy (non-hydrogen) atoms. The monoisotopic (exact) mass is 312 g/mol. The zero-order valence-electron chi connectivity index (χ0n) is 14.0. The lowest BCUT2D eigenvalue weighted by molar-refractivity contribution is 0.0608. The average molecular weight is 312 g/mol. The van der Waals surface area contributed by atoms with E-state index in [0.717, 1.165) is 6.42 Å². The van der Waals surface area contributed by atoms with Crippen molar-refractivity contribution in [2.24, 2.45) is 5.41 Å². The molecule has 0 heterocycles. The van der Waals surface area contributed by atoms with E-state index in [1.165, 1.54) is 74.5 Å². The Bertz CT molecular complexity index is 591. The largest absolute Gasteiger partial charge is 0.335 e. The molecule has 0 saturated heterocycles. The van der Waals surface area contributed by atoms with E-state index in [9.17, 15) is 4.79 Å². The Kier molecular flexibility index (Phi) is 4.04. The van der Waals surface area contributed by atoms with Gasteiger partial charge in [-0.05, 0) is 73.5 Å². The van der Waals surface area contributed by atoms with Crippen molar-refractivity contribution in [2.75, 3.05) is 0 Å². The minimum Gasteiger partial charge on any atom is -0.335 e. The summed E-state index contributed by atoms with van der Waals surface area (Å²) in [5, 5.41) is 6.32. The molecule has 3 nitrogen and oxygen atoms in total. The molecular weight excluding hydrogens is 284 g/mol. The van der Waals surface area contributed by atoms with Crippen LogP contribution in [-0.4, -0.2) is 12.1 Å². The Balaban J connectivity index is 1.30. The van der Waals surface area contributed by atoms with E-state index >= 15 is 0 Å². The average Bonchev–Trinajstić information content (AvgIpc) is 3.01. The lowest BCUT2D eigenvalue weighted by Gasteiger charge is -2.47. The third kappa shape index (κ3) is 3.11. The van der Waals surface area contributed by atoms with Crippen LogP contribution in [-0.2, 0) is 19.4 Å². The zero-order chi connectivity index (χ0) is 15.7. The van der Waals surface area contributed by atoms with Crippen molar-refractivity contribution < 1.29 is 4.79 Å². The Labute approximate surface area is 139 Å². The fourth-order valence-corrected chi connectivity index (χ4v) is 4.98. The molecule has 2 fully saturated rings. The predicted molar refractivity (Wildman–Crippen MR) is 92.4 cm³/mol. The van der Waals surface area contributed by atoms with Crippen LogP contribution in [0.1, 0.15) is 68.1 Å². The Hall–Kier alpha value is -1.51. The zero-order valence-corrected chi connectivity index (χ0v) is 14.0. The molecule has 2 amide bonds. The topological polar surface area (TPSA) is 41.1 Å². The number of urea groups is 1. The van der Waals surface area contributed by atoms with E-state index in [2.05, 4.69) is 28.8 Å². The van der Waals surface area contributed by atoms with Gasteiger partial charge in [-0.1, -0.05) is 31.0 Å². The summed E-state index contributed by atoms with van der Waals surface area (Å²) in [6.07, 6.45) is 12.8. The van der Waals surface area contributed by atoms with E-state index in [-0.39, 0.29) is 6.03 Å². The first-order chi connectivity index (χ1) is 11.2. The van der Waals surface area contributed by atoms with Crippen LogP contribution < -0.4 is 10.6 Å². The molecule has 0 bridgehead atoms. The summed E-state index contributed by atoms with van der Waals surface area (Å²) >= 11 is 0. The molecule has 1 unspecified atom stereocenters. The van der Waals surface area contributed by atoms with Gasteiger partial charge in [0.1, 0.15) is 0 Å². The van der Waals surface area contributed by atoms with Crippen LogP contribution in [0.15, 0.2) is 18.2 Å². The van der Waals surface area contributed by atoms with Gasteiger partial charge >= 0.3 is 6.03 Å². The van der Waals surface area contributed by atoms with Crippen molar-refractivity contribution in [3.63, 3.8) is 0 Å². The second-order valence-electron chi connectivity index (χ2n) is 7.88. The number of fused-ring (bicyclic) bond motifs is 1. The van der Waals surface area contributed by atoms with E-state index in [1.807, 2.05) is 0 Å². The van der Waals surface area contributed by atoms with Crippen LogP contribution in [0.25, 0.3) is 0 Å². The first kappa shape index (κ1) is 15.0. The van der Waals surface area contributed by atoms with Gasteiger partial charge in [0.2, 0.25) is 0 Å². The number of hydrogen-bond acceptors (Lipinski definition) is 1. The second-order valence-corrected chi connectivity index (χ2v) is 7.88. The van der Waals surface area contributed by atoms with Gasteiger partial charge in [0.25, 0.3) is 0 Å². The Morgan fingerprint density at radius 3 is 2.83 bits per heavy atom. The van der Waals surface area contributed by atoms with Gasteiger partial charge in [-0.15, -0.1) is 0 Å². The molecule has 0 radical (unpaired) electrons. The highest BCUT2D eigenvalue weighted by Gasteiger charge is 2.41. The van der Waals surface area contributed by atoms with Crippen molar-refractivity contribution in [1.29, 1.82) is 0 Å². The SMILES string of the molecule is O=C(NCc1cccc2c1CCC2)NC1CCCC2(CCC2)C1. The number of carbonyl (C=O) groups excluding carboxylic acids is 1. The van der Waals surface area contributed by atoms with Crippen molar-refractivity contribution in [3.05, 3.63) is 34.9 Å². The van der Waals surface area contributed by atoms with Gasteiger partial charge < -0.3 is 10.6 Å². The fourth-order valence-electron chi connectivity index (χ4n) is 4.98. The molecule has 1 aromatic carbocycles. The van der Waals surface area contributed by atoms with E-state index in [0.29, 0.717) is 18.0 Å². The van der Waals surface area contributed by atoms with Crippen molar-refractivity contribution >= 4 is 6.03 Å². The summed E-state index contributed by atoms with van der Waals surface area (Å²) in [5.41, 5.74) is 4.83. The maximum Gasteiger partial charge on any atom is 0.315 e. The minimum atomic E-state index is 0.0157. The molecule has 1 aromatic rings. The fraction of sp³-hybridized carbons (Fsp3) is 0.650. The maximum atomic E-state index is 12.3. The van der Waals surface area contributed by atoms with Crippen LogP contribution in [0.4, 0.5) is 4.79 Å². The molecule has 4 rings (SSSR count). The minimum absolute atomic E-state index is 0.0157. The first-order valence-electron chi connectivity index (χ1n) is 9.38. The molecular formula is C20H28N2O. The maximum absolute atomic E-state index is 12.3. The molecule has 3 aliphatic carbocycles. The predicted octanol–water partition coefficient (Wildman–Crippen LogP) is 4.09.